The Hall–Kier alpha value is -4.13. The highest BCUT2D eigenvalue weighted by Crippen LogP contribution is 2.28. The molecular weight excluding hydrogens is 572 g/mol. The normalized spacial score (nSPS) is 17.6. The van der Waals surface area contributed by atoms with Crippen LogP contribution in [0.2, 0.25) is 0 Å². The molecule has 0 aromatic heterocycles. The van der Waals surface area contributed by atoms with Gasteiger partial charge in [-0.25, -0.2) is 13.2 Å². The first-order valence-electron chi connectivity index (χ1n) is 14.1. The minimum atomic E-state index is -3.76. The molecule has 0 saturated carbocycles. The van der Waals surface area contributed by atoms with Crippen molar-refractivity contribution in [3.05, 3.63) is 83.9 Å². The molecule has 2 amide bonds. The molecule has 43 heavy (non-hydrogen) atoms. The first-order chi connectivity index (χ1) is 20.8. The molecule has 228 valence electrons. The molecule has 12 heteroatoms. The zero-order valence-corrected chi connectivity index (χ0v) is 25.1. The number of carbonyl (C=O) groups excluding carboxylic acids is 2. The Morgan fingerprint density at radius 1 is 0.884 bits per heavy atom. The van der Waals surface area contributed by atoms with Gasteiger partial charge in [-0.15, -0.1) is 0 Å². The maximum Gasteiger partial charge on any atom is 0.410 e. The molecule has 0 spiro atoms. The van der Waals surface area contributed by atoms with Crippen LogP contribution in [-0.2, 0) is 32.7 Å². The van der Waals surface area contributed by atoms with Gasteiger partial charge < -0.3 is 29.3 Å². The van der Waals surface area contributed by atoms with Crippen molar-refractivity contribution in [3.8, 4) is 11.5 Å². The Morgan fingerprint density at radius 3 is 2.26 bits per heavy atom. The first-order valence-corrected chi connectivity index (χ1v) is 15.5. The van der Waals surface area contributed by atoms with Crippen molar-refractivity contribution in [1.29, 1.82) is 0 Å². The molecule has 2 saturated heterocycles. The predicted molar refractivity (Wildman–Crippen MR) is 161 cm³/mol. The highest BCUT2D eigenvalue weighted by molar-refractivity contribution is 7.89. The van der Waals surface area contributed by atoms with Gasteiger partial charge in [-0.3, -0.25) is 4.79 Å². The SMILES string of the molecule is COc1ccc(CN[C@@H]2CC(=O)N(c3ccc(S(=O)(=O)N4CCN(C(=O)OCc5ccccc5)CC4)cc3)C2)cc1OC. The fourth-order valence-electron chi connectivity index (χ4n) is 5.22. The van der Waals surface area contributed by atoms with Crippen LogP contribution in [0.3, 0.4) is 0 Å². The number of nitrogens with one attached hydrogen (secondary N) is 1. The summed E-state index contributed by atoms with van der Waals surface area (Å²) < 4.78 is 44.0. The van der Waals surface area contributed by atoms with Crippen LogP contribution >= 0.6 is 0 Å². The summed E-state index contributed by atoms with van der Waals surface area (Å²) in [6.45, 7) is 2.02. The van der Waals surface area contributed by atoms with Gasteiger partial charge >= 0.3 is 6.09 Å². The summed E-state index contributed by atoms with van der Waals surface area (Å²) in [6.07, 6.45) is -0.122. The van der Waals surface area contributed by atoms with Crippen molar-refractivity contribution in [3.63, 3.8) is 0 Å². The number of piperazine rings is 1. The second kappa shape index (κ2) is 13.4. The van der Waals surface area contributed by atoms with Crippen LogP contribution in [0.1, 0.15) is 17.5 Å². The quantitative estimate of drug-likeness (QED) is 0.373. The number of anilines is 1. The van der Waals surface area contributed by atoms with Gasteiger partial charge in [-0.05, 0) is 47.5 Å². The third kappa shape index (κ3) is 7.10. The van der Waals surface area contributed by atoms with Crippen molar-refractivity contribution in [1.82, 2.24) is 14.5 Å². The number of nitrogens with zero attached hydrogens (tertiary/aromatic N) is 3. The standard InChI is InChI=1S/C31H36N4O7S/c1-40-28-13-8-24(18-29(28)41-2)20-32-25-19-30(36)35(21-25)26-9-11-27(12-10-26)43(38,39)34-16-14-33(15-17-34)31(37)42-22-23-6-4-3-5-7-23/h3-13,18,25,32H,14-17,19-22H2,1-2H3/t25-/m1/s1. The molecule has 1 atom stereocenters. The van der Waals surface area contributed by atoms with Gasteiger partial charge in [0.25, 0.3) is 0 Å². The van der Waals surface area contributed by atoms with E-state index in [9.17, 15) is 18.0 Å². The summed E-state index contributed by atoms with van der Waals surface area (Å²) in [6, 6.07) is 21.4. The third-order valence-corrected chi connectivity index (χ3v) is 9.57. The molecule has 2 aliphatic rings. The van der Waals surface area contributed by atoms with E-state index in [1.165, 1.54) is 21.3 Å². The average Bonchev–Trinajstić information content (AvgIpc) is 3.43. The summed E-state index contributed by atoms with van der Waals surface area (Å²) in [5, 5.41) is 3.42. The Labute approximate surface area is 252 Å². The molecule has 11 nitrogen and oxygen atoms in total. The molecule has 0 radical (unpaired) electrons. The van der Waals surface area contributed by atoms with Gasteiger partial charge in [-0.1, -0.05) is 36.4 Å². The number of benzene rings is 3. The number of sulfonamides is 1. The second-order valence-corrected chi connectivity index (χ2v) is 12.3. The fraction of sp³-hybridized carbons (Fsp3) is 0.355. The zero-order valence-electron chi connectivity index (χ0n) is 24.3. The topological polar surface area (TPSA) is 118 Å². The Kier molecular flexibility index (Phi) is 9.49. The largest absolute Gasteiger partial charge is 0.493 e. The van der Waals surface area contributed by atoms with Crippen LogP contribution in [0.5, 0.6) is 11.5 Å². The van der Waals surface area contributed by atoms with Crippen LogP contribution < -0.4 is 19.7 Å². The van der Waals surface area contributed by atoms with E-state index >= 15 is 0 Å². The molecular formula is C31H36N4O7S. The minimum absolute atomic E-state index is 0.0318. The summed E-state index contributed by atoms with van der Waals surface area (Å²) in [7, 11) is -0.583. The number of methoxy groups -OCH3 is 2. The Bertz CT molecular complexity index is 1530. The molecule has 0 bridgehead atoms. The number of hydrogen-bond donors (Lipinski definition) is 1. The molecule has 1 N–H and O–H groups in total. The predicted octanol–water partition coefficient (Wildman–Crippen LogP) is 3.24. The molecule has 2 fully saturated rings. The van der Waals surface area contributed by atoms with Gasteiger partial charge in [0.1, 0.15) is 6.61 Å². The number of rotatable bonds is 10. The van der Waals surface area contributed by atoms with E-state index in [1.807, 2.05) is 48.5 Å². The maximum atomic E-state index is 13.3. The fourth-order valence-corrected chi connectivity index (χ4v) is 6.64. The zero-order chi connectivity index (χ0) is 30.4. The summed E-state index contributed by atoms with van der Waals surface area (Å²) in [5.41, 5.74) is 2.53. The molecule has 0 aliphatic carbocycles. The Balaban J connectivity index is 1.13. The molecule has 0 unspecified atom stereocenters. The lowest BCUT2D eigenvalue weighted by atomic mass is 10.1. The Morgan fingerprint density at radius 2 is 1.58 bits per heavy atom. The minimum Gasteiger partial charge on any atom is -0.493 e. The maximum absolute atomic E-state index is 13.3. The van der Waals surface area contributed by atoms with Crippen LogP contribution in [0.25, 0.3) is 0 Å². The average molecular weight is 609 g/mol. The van der Waals surface area contributed by atoms with Crippen molar-refractivity contribution in [2.45, 2.75) is 30.5 Å². The smallest absolute Gasteiger partial charge is 0.410 e. The van der Waals surface area contributed by atoms with E-state index in [2.05, 4.69) is 5.32 Å². The second-order valence-electron chi connectivity index (χ2n) is 10.4. The van der Waals surface area contributed by atoms with Crippen molar-refractivity contribution in [2.75, 3.05) is 51.8 Å². The molecule has 5 rings (SSSR count). The van der Waals surface area contributed by atoms with Crippen molar-refractivity contribution < 1.29 is 32.2 Å². The van der Waals surface area contributed by atoms with Crippen LogP contribution in [0, 0.1) is 0 Å². The van der Waals surface area contributed by atoms with Crippen molar-refractivity contribution >= 4 is 27.7 Å². The van der Waals surface area contributed by atoms with Gasteiger partial charge in [-0.2, -0.15) is 4.31 Å². The monoisotopic (exact) mass is 608 g/mol. The van der Waals surface area contributed by atoms with E-state index in [0.717, 1.165) is 11.1 Å². The van der Waals surface area contributed by atoms with Gasteiger partial charge in [0, 0.05) is 57.4 Å². The lowest BCUT2D eigenvalue weighted by Gasteiger charge is -2.33. The van der Waals surface area contributed by atoms with Gasteiger partial charge in [0.2, 0.25) is 15.9 Å². The third-order valence-electron chi connectivity index (χ3n) is 7.66. The summed E-state index contributed by atoms with van der Waals surface area (Å²) in [4.78, 5) is 28.6. The lowest BCUT2D eigenvalue weighted by Crippen LogP contribution is -2.50. The molecule has 3 aromatic carbocycles. The van der Waals surface area contributed by atoms with Crippen LogP contribution in [0.4, 0.5) is 10.5 Å². The van der Waals surface area contributed by atoms with E-state index in [0.29, 0.717) is 36.7 Å². The number of ether oxygens (including phenoxy) is 3. The highest BCUT2D eigenvalue weighted by atomic mass is 32.2. The lowest BCUT2D eigenvalue weighted by molar-refractivity contribution is -0.117. The van der Waals surface area contributed by atoms with E-state index in [1.54, 1.807) is 31.3 Å². The summed E-state index contributed by atoms with van der Waals surface area (Å²) in [5.74, 6) is 1.26. The highest BCUT2D eigenvalue weighted by Gasteiger charge is 2.33. The van der Waals surface area contributed by atoms with Crippen molar-refractivity contribution in [2.24, 2.45) is 0 Å². The number of carbonyl (C=O) groups is 2. The molecule has 3 aromatic rings. The molecule has 2 aliphatic heterocycles. The van der Waals surface area contributed by atoms with Crippen LogP contribution in [-0.4, -0.2) is 82.6 Å². The van der Waals surface area contributed by atoms with E-state index < -0.39 is 16.1 Å². The van der Waals surface area contributed by atoms with Gasteiger partial charge in [0.15, 0.2) is 11.5 Å². The number of hydrogen-bond acceptors (Lipinski definition) is 8. The molecule has 2 heterocycles. The van der Waals surface area contributed by atoms with E-state index in [4.69, 9.17) is 14.2 Å². The first kappa shape index (κ1) is 30.3. The van der Waals surface area contributed by atoms with Gasteiger partial charge in [0.05, 0.1) is 19.1 Å². The number of amides is 2. The van der Waals surface area contributed by atoms with Crippen LogP contribution in [0.15, 0.2) is 77.7 Å². The van der Waals surface area contributed by atoms with E-state index in [-0.39, 0.29) is 49.6 Å². The summed E-state index contributed by atoms with van der Waals surface area (Å²) >= 11 is 0.